The van der Waals surface area contributed by atoms with Gasteiger partial charge in [-0.3, -0.25) is 4.79 Å². The lowest BCUT2D eigenvalue weighted by Crippen LogP contribution is -2.54. The van der Waals surface area contributed by atoms with Gasteiger partial charge >= 0.3 is 12.0 Å². The smallest absolute Gasteiger partial charge is 0.326 e. The van der Waals surface area contributed by atoms with Gasteiger partial charge in [0, 0.05) is 6.54 Å². The third kappa shape index (κ3) is 10.1. The Morgan fingerprint density at radius 3 is 1.92 bits per heavy atom. The van der Waals surface area contributed by atoms with Crippen molar-refractivity contribution in [1.82, 2.24) is 16.0 Å². The fourth-order valence-corrected chi connectivity index (χ4v) is 2.26. The molecule has 0 aromatic carbocycles. The number of carboxylic acids is 1. The van der Waals surface area contributed by atoms with E-state index in [-0.39, 0.29) is 11.8 Å². The van der Waals surface area contributed by atoms with Gasteiger partial charge in [0.1, 0.15) is 12.1 Å². The second-order valence-corrected chi connectivity index (χ2v) is 6.96. The van der Waals surface area contributed by atoms with Crippen molar-refractivity contribution < 1.29 is 19.5 Å². The van der Waals surface area contributed by atoms with E-state index < -0.39 is 30.0 Å². The van der Waals surface area contributed by atoms with Crippen molar-refractivity contribution in [2.75, 3.05) is 6.54 Å². The first kappa shape index (κ1) is 22.2. The van der Waals surface area contributed by atoms with E-state index in [0.29, 0.717) is 19.4 Å². The number of nitrogens with one attached hydrogen (secondary N) is 3. The molecule has 140 valence electrons. The third-order valence-corrected chi connectivity index (χ3v) is 3.47. The Morgan fingerprint density at radius 1 is 0.917 bits per heavy atom. The van der Waals surface area contributed by atoms with Crippen molar-refractivity contribution in [2.45, 2.75) is 72.4 Å². The van der Waals surface area contributed by atoms with Crippen molar-refractivity contribution in [3.8, 4) is 0 Å². The molecular weight excluding hydrogens is 310 g/mol. The zero-order chi connectivity index (χ0) is 18.7. The molecule has 4 N–H and O–H groups in total. The number of carboxylic acid groups (broad SMARTS) is 1. The van der Waals surface area contributed by atoms with E-state index in [1.165, 1.54) is 0 Å². The first-order valence-electron chi connectivity index (χ1n) is 8.74. The van der Waals surface area contributed by atoms with Crippen LogP contribution in [0.25, 0.3) is 0 Å². The molecule has 24 heavy (non-hydrogen) atoms. The number of amides is 3. The highest BCUT2D eigenvalue weighted by Gasteiger charge is 2.27. The van der Waals surface area contributed by atoms with Gasteiger partial charge in [-0.1, -0.05) is 41.0 Å². The highest BCUT2D eigenvalue weighted by atomic mass is 16.4. The lowest BCUT2D eigenvalue weighted by Gasteiger charge is -2.23. The molecule has 0 bridgehead atoms. The minimum atomic E-state index is -1.06. The summed E-state index contributed by atoms with van der Waals surface area (Å²) >= 11 is 0. The topological polar surface area (TPSA) is 108 Å². The summed E-state index contributed by atoms with van der Waals surface area (Å²) in [5.74, 6) is -1.19. The molecule has 2 atom stereocenters. The van der Waals surface area contributed by atoms with Crippen LogP contribution in [0.15, 0.2) is 0 Å². The van der Waals surface area contributed by atoms with Crippen LogP contribution >= 0.6 is 0 Å². The minimum Gasteiger partial charge on any atom is -0.480 e. The van der Waals surface area contributed by atoms with Crippen LogP contribution < -0.4 is 16.0 Å². The number of carbonyl (C=O) groups is 3. The Balaban J connectivity index is 4.79. The van der Waals surface area contributed by atoms with E-state index in [9.17, 15) is 19.5 Å². The van der Waals surface area contributed by atoms with Gasteiger partial charge in [0.15, 0.2) is 0 Å². The second kappa shape index (κ2) is 11.7. The molecule has 0 aliphatic rings. The van der Waals surface area contributed by atoms with Gasteiger partial charge in [0.2, 0.25) is 5.91 Å². The average Bonchev–Trinajstić information content (AvgIpc) is 2.45. The fourth-order valence-electron chi connectivity index (χ4n) is 2.26. The molecule has 0 saturated carbocycles. The Hall–Kier alpha value is -1.79. The molecule has 0 spiro atoms. The van der Waals surface area contributed by atoms with E-state index in [4.69, 9.17) is 0 Å². The maximum Gasteiger partial charge on any atom is 0.326 e. The maximum absolute atomic E-state index is 12.4. The number of unbranched alkanes of at least 4 members (excludes halogenated alkanes) is 1. The molecule has 0 fully saturated rings. The van der Waals surface area contributed by atoms with Crippen LogP contribution in [0.2, 0.25) is 0 Å². The molecule has 0 aromatic heterocycles. The number of hydrogen-bond acceptors (Lipinski definition) is 3. The predicted molar refractivity (Wildman–Crippen MR) is 93.7 cm³/mol. The van der Waals surface area contributed by atoms with Crippen LogP contribution in [0.4, 0.5) is 4.79 Å². The third-order valence-electron chi connectivity index (χ3n) is 3.47. The second-order valence-electron chi connectivity index (χ2n) is 6.96. The Bertz CT molecular complexity index is 411. The minimum absolute atomic E-state index is 0.139. The van der Waals surface area contributed by atoms with Crippen molar-refractivity contribution in [2.24, 2.45) is 11.8 Å². The van der Waals surface area contributed by atoms with E-state index >= 15 is 0 Å². The standard InChI is InChI=1S/C17H33N3O4/c1-6-7-8-18-17(24)20-13(9-11(2)3)15(21)19-14(16(22)23)10-12(4)5/h11-14H,6-10H2,1-5H3,(H,19,21)(H,22,23)(H2,18,20,24)/t13-,14-/m1/s1. The van der Waals surface area contributed by atoms with Gasteiger partial charge in [-0.25, -0.2) is 9.59 Å². The monoisotopic (exact) mass is 343 g/mol. The maximum atomic E-state index is 12.4. The van der Waals surface area contributed by atoms with Crippen LogP contribution in [-0.2, 0) is 9.59 Å². The average molecular weight is 343 g/mol. The summed E-state index contributed by atoms with van der Waals surface area (Å²) in [6.45, 7) is 10.2. The van der Waals surface area contributed by atoms with Gasteiger partial charge in [-0.15, -0.1) is 0 Å². The quantitative estimate of drug-likeness (QED) is 0.431. The van der Waals surface area contributed by atoms with Gasteiger partial charge < -0.3 is 21.1 Å². The summed E-state index contributed by atoms with van der Waals surface area (Å²) in [6, 6.07) is -2.10. The van der Waals surface area contributed by atoms with Crippen LogP contribution in [0.1, 0.15) is 60.3 Å². The Labute approximate surface area is 145 Å². The molecule has 0 unspecified atom stereocenters. The molecule has 0 aromatic rings. The Kier molecular flexibility index (Phi) is 10.8. The number of aliphatic carboxylic acids is 1. The SMILES string of the molecule is CCCCNC(=O)N[C@H](CC(C)C)C(=O)N[C@H](CC(C)C)C(=O)O. The highest BCUT2D eigenvalue weighted by Crippen LogP contribution is 2.08. The van der Waals surface area contributed by atoms with E-state index in [1.807, 2.05) is 34.6 Å². The van der Waals surface area contributed by atoms with Crippen LogP contribution in [0, 0.1) is 11.8 Å². The molecule has 0 radical (unpaired) electrons. The van der Waals surface area contributed by atoms with Crippen molar-refractivity contribution >= 4 is 17.9 Å². The number of urea groups is 1. The first-order chi connectivity index (χ1) is 11.2. The molecule has 7 nitrogen and oxygen atoms in total. The zero-order valence-corrected chi connectivity index (χ0v) is 15.5. The van der Waals surface area contributed by atoms with Gasteiger partial charge in [-0.05, 0) is 31.1 Å². The van der Waals surface area contributed by atoms with E-state index in [1.54, 1.807) is 0 Å². The molecule has 0 rings (SSSR count). The lowest BCUT2D eigenvalue weighted by atomic mass is 10.0. The summed E-state index contributed by atoms with van der Waals surface area (Å²) in [5, 5.41) is 17.1. The molecule has 0 saturated heterocycles. The van der Waals surface area contributed by atoms with Crippen molar-refractivity contribution in [3.05, 3.63) is 0 Å². The van der Waals surface area contributed by atoms with E-state index in [2.05, 4.69) is 16.0 Å². The van der Waals surface area contributed by atoms with Gasteiger partial charge in [0.25, 0.3) is 0 Å². The molecule has 7 heteroatoms. The van der Waals surface area contributed by atoms with Crippen LogP contribution in [0.3, 0.4) is 0 Å². The van der Waals surface area contributed by atoms with Crippen LogP contribution in [-0.4, -0.2) is 41.6 Å². The first-order valence-corrected chi connectivity index (χ1v) is 8.74. The Morgan fingerprint density at radius 2 is 1.46 bits per heavy atom. The van der Waals surface area contributed by atoms with Crippen molar-refractivity contribution in [3.63, 3.8) is 0 Å². The summed E-state index contributed by atoms with van der Waals surface area (Å²) in [5.41, 5.74) is 0. The van der Waals surface area contributed by atoms with Gasteiger partial charge in [-0.2, -0.15) is 0 Å². The van der Waals surface area contributed by atoms with E-state index in [0.717, 1.165) is 12.8 Å². The number of rotatable bonds is 11. The molecule has 0 aliphatic carbocycles. The zero-order valence-electron chi connectivity index (χ0n) is 15.5. The molecular formula is C17H33N3O4. The summed E-state index contributed by atoms with van der Waals surface area (Å²) in [7, 11) is 0. The van der Waals surface area contributed by atoms with Gasteiger partial charge in [0.05, 0.1) is 0 Å². The molecule has 3 amide bonds. The lowest BCUT2D eigenvalue weighted by molar-refractivity contribution is -0.142. The van der Waals surface area contributed by atoms with Crippen molar-refractivity contribution in [1.29, 1.82) is 0 Å². The largest absolute Gasteiger partial charge is 0.480 e. The fraction of sp³-hybridized carbons (Fsp3) is 0.824. The summed E-state index contributed by atoms with van der Waals surface area (Å²) in [4.78, 5) is 35.6. The summed E-state index contributed by atoms with van der Waals surface area (Å²) in [6.07, 6.45) is 2.62. The summed E-state index contributed by atoms with van der Waals surface area (Å²) < 4.78 is 0. The number of carbonyl (C=O) groups excluding carboxylic acids is 2. The normalized spacial score (nSPS) is 13.5. The molecule has 0 aliphatic heterocycles. The predicted octanol–water partition coefficient (Wildman–Crippen LogP) is 2.12. The highest BCUT2D eigenvalue weighted by molar-refractivity contribution is 5.90. The number of hydrogen-bond donors (Lipinski definition) is 4. The molecule has 0 heterocycles. The van der Waals surface area contributed by atoms with Crippen LogP contribution in [0.5, 0.6) is 0 Å².